The van der Waals surface area contributed by atoms with Gasteiger partial charge in [0.05, 0.1) is 5.56 Å². The van der Waals surface area contributed by atoms with Gasteiger partial charge >= 0.3 is 0 Å². The molecular weight excluding hydrogens is 478 g/mol. The Morgan fingerprint density at radius 2 is 1.89 bits per heavy atom. The monoisotopic (exact) mass is 509 g/mol. The van der Waals surface area contributed by atoms with E-state index in [9.17, 15) is 18.3 Å². The van der Waals surface area contributed by atoms with Gasteiger partial charge in [0.2, 0.25) is 0 Å². The van der Waals surface area contributed by atoms with Crippen LogP contribution in [0.3, 0.4) is 0 Å². The SMILES string of the molecule is CC1CN(c2ncccc2C(=O)NS(=O)(=O)c2cccc(NCCc3ccc(O)cc3)n2)C(C)(C)C1. The average Bonchev–Trinajstić information content (AvgIpc) is 3.12. The second kappa shape index (κ2) is 10.1. The lowest BCUT2D eigenvalue weighted by molar-refractivity contribution is 0.0981. The van der Waals surface area contributed by atoms with Crippen molar-refractivity contribution in [2.75, 3.05) is 23.3 Å². The predicted molar refractivity (Wildman–Crippen MR) is 139 cm³/mol. The number of rotatable bonds is 8. The maximum Gasteiger partial charge on any atom is 0.281 e. The number of benzene rings is 1. The van der Waals surface area contributed by atoms with Gasteiger partial charge in [-0.2, -0.15) is 8.42 Å². The molecular formula is C26H31N5O4S. The van der Waals surface area contributed by atoms with Crippen molar-refractivity contribution in [2.45, 2.75) is 44.2 Å². The van der Waals surface area contributed by atoms with E-state index in [1.807, 2.05) is 12.1 Å². The van der Waals surface area contributed by atoms with Gasteiger partial charge in [-0.1, -0.05) is 25.1 Å². The van der Waals surface area contributed by atoms with Crippen molar-refractivity contribution in [3.63, 3.8) is 0 Å². The number of pyridine rings is 2. The van der Waals surface area contributed by atoms with Gasteiger partial charge in [-0.3, -0.25) is 4.79 Å². The van der Waals surface area contributed by atoms with Crippen LogP contribution in [0.15, 0.2) is 65.8 Å². The molecule has 1 fully saturated rings. The number of carbonyl (C=O) groups is 1. The fourth-order valence-corrected chi connectivity index (χ4v) is 5.57. The molecule has 3 heterocycles. The molecule has 3 N–H and O–H groups in total. The van der Waals surface area contributed by atoms with E-state index in [1.54, 1.807) is 42.6 Å². The second-order valence-electron chi connectivity index (χ2n) is 9.75. The number of carbonyl (C=O) groups excluding carboxylic acids is 1. The largest absolute Gasteiger partial charge is 0.508 e. The third kappa shape index (κ3) is 5.76. The summed E-state index contributed by atoms with van der Waals surface area (Å²) >= 11 is 0. The van der Waals surface area contributed by atoms with Crippen molar-refractivity contribution in [1.82, 2.24) is 14.7 Å². The third-order valence-electron chi connectivity index (χ3n) is 6.24. The zero-order chi connectivity index (χ0) is 25.9. The minimum Gasteiger partial charge on any atom is -0.508 e. The molecule has 1 aromatic carbocycles. The van der Waals surface area contributed by atoms with Crippen LogP contribution in [0.2, 0.25) is 0 Å². The van der Waals surface area contributed by atoms with E-state index >= 15 is 0 Å². The molecule has 1 atom stereocenters. The lowest BCUT2D eigenvalue weighted by Crippen LogP contribution is -2.41. The molecule has 2 aromatic heterocycles. The molecule has 1 amide bonds. The quantitative estimate of drug-likeness (QED) is 0.421. The van der Waals surface area contributed by atoms with Crippen molar-refractivity contribution >= 4 is 27.6 Å². The van der Waals surface area contributed by atoms with Crippen molar-refractivity contribution in [3.8, 4) is 5.75 Å². The second-order valence-corrected chi connectivity index (χ2v) is 11.4. The summed E-state index contributed by atoms with van der Waals surface area (Å²) in [7, 11) is -4.22. The topological polar surface area (TPSA) is 125 Å². The first-order valence-electron chi connectivity index (χ1n) is 11.8. The molecule has 0 spiro atoms. The van der Waals surface area contributed by atoms with E-state index < -0.39 is 15.9 Å². The molecule has 0 saturated carbocycles. The number of aromatic nitrogens is 2. The molecule has 0 aliphatic carbocycles. The Balaban J connectivity index is 1.47. The van der Waals surface area contributed by atoms with Crippen LogP contribution in [-0.2, 0) is 16.4 Å². The molecule has 10 heteroatoms. The molecule has 1 aliphatic rings. The molecule has 0 radical (unpaired) electrons. The number of sulfonamides is 1. The first-order chi connectivity index (χ1) is 17.0. The highest BCUT2D eigenvalue weighted by Gasteiger charge is 2.39. The highest BCUT2D eigenvalue weighted by atomic mass is 32.2. The molecule has 1 unspecified atom stereocenters. The van der Waals surface area contributed by atoms with Crippen LogP contribution in [0.25, 0.3) is 0 Å². The number of amides is 1. The van der Waals surface area contributed by atoms with E-state index in [0.29, 0.717) is 30.5 Å². The van der Waals surface area contributed by atoms with Gasteiger partial charge in [0.25, 0.3) is 15.9 Å². The molecule has 1 aliphatic heterocycles. The Labute approximate surface area is 211 Å². The Bertz CT molecular complexity index is 1340. The Hall–Kier alpha value is -3.66. The lowest BCUT2D eigenvalue weighted by Gasteiger charge is -2.33. The minimum atomic E-state index is -4.22. The van der Waals surface area contributed by atoms with E-state index in [0.717, 1.165) is 18.5 Å². The van der Waals surface area contributed by atoms with Gasteiger partial charge in [-0.15, -0.1) is 0 Å². The smallest absolute Gasteiger partial charge is 0.281 e. The number of phenols is 1. The van der Waals surface area contributed by atoms with Crippen LogP contribution in [0, 0.1) is 5.92 Å². The molecule has 4 rings (SSSR count). The minimum absolute atomic E-state index is 0.199. The molecule has 1 saturated heterocycles. The van der Waals surface area contributed by atoms with E-state index in [2.05, 4.69) is 45.7 Å². The van der Waals surface area contributed by atoms with Crippen LogP contribution in [0.4, 0.5) is 11.6 Å². The summed E-state index contributed by atoms with van der Waals surface area (Å²) in [5, 5.41) is 12.2. The van der Waals surface area contributed by atoms with Gasteiger partial charge in [-0.05, 0) is 74.6 Å². The Kier molecular flexibility index (Phi) is 7.16. The van der Waals surface area contributed by atoms with Crippen LogP contribution in [0.1, 0.15) is 43.1 Å². The zero-order valence-electron chi connectivity index (χ0n) is 20.6. The number of hydrogen-bond acceptors (Lipinski definition) is 8. The summed E-state index contributed by atoms with van der Waals surface area (Å²) in [6.45, 7) is 7.57. The normalized spacial score (nSPS) is 17.1. The number of hydrogen-bond donors (Lipinski definition) is 3. The summed E-state index contributed by atoms with van der Waals surface area (Å²) < 4.78 is 28.2. The Morgan fingerprint density at radius 3 is 2.58 bits per heavy atom. The number of phenolic OH excluding ortho intramolecular Hbond substituents is 1. The van der Waals surface area contributed by atoms with Crippen molar-refractivity contribution in [2.24, 2.45) is 5.92 Å². The molecule has 190 valence electrons. The highest BCUT2D eigenvalue weighted by molar-refractivity contribution is 7.90. The van der Waals surface area contributed by atoms with Gasteiger partial charge in [0.15, 0.2) is 5.03 Å². The van der Waals surface area contributed by atoms with Crippen LogP contribution in [0.5, 0.6) is 5.75 Å². The Morgan fingerprint density at radius 1 is 1.14 bits per heavy atom. The van der Waals surface area contributed by atoms with E-state index in [-0.39, 0.29) is 21.9 Å². The lowest BCUT2D eigenvalue weighted by atomic mass is 9.97. The van der Waals surface area contributed by atoms with Crippen LogP contribution in [-0.4, -0.2) is 48.0 Å². The van der Waals surface area contributed by atoms with Gasteiger partial charge < -0.3 is 15.3 Å². The fourth-order valence-electron chi connectivity index (χ4n) is 4.64. The standard InChI is InChI=1S/C26H31N5O4S/c1-18-16-26(2,3)31(17-18)24-21(6-5-14-28-24)25(33)30-36(34,35)23-8-4-7-22(29-23)27-15-13-19-9-11-20(32)12-10-19/h4-12,14,18,32H,13,15-17H2,1-3H3,(H,27,29)(H,30,33). The number of nitrogens with one attached hydrogen (secondary N) is 2. The number of anilines is 2. The first kappa shape index (κ1) is 25.4. The average molecular weight is 510 g/mol. The first-order valence-corrected chi connectivity index (χ1v) is 13.3. The maximum atomic E-state index is 13.1. The van der Waals surface area contributed by atoms with Crippen molar-refractivity contribution in [1.29, 1.82) is 0 Å². The summed E-state index contributed by atoms with van der Waals surface area (Å²) in [5.41, 5.74) is 1.01. The molecule has 9 nitrogen and oxygen atoms in total. The zero-order valence-corrected chi connectivity index (χ0v) is 21.4. The van der Waals surface area contributed by atoms with E-state index in [1.165, 1.54) is 6.07 Å². The van der Waals surface area contributed by atoms with E-state index in [4.69, 9.17) is 0 Å². The summed E-state index contributed by atoms with van der Waals surface area (Å²) in [6, 6.07) is 14.6. The van der Waals surface area contributed by atoms with Crippen molar-refractivity contribution < 1.29 is 18.3 Å². The molecule has 3 aromatic rings. The summed E-state index contributed by atoms with van der Waals surface area (Å²) in [6.07, 6.45) is 3.21. The fraction of sp³-hybridized carbons (Fsp3) is 0.346. The molecule has 0 bridgehead atoms. The van der Waals surface area contributed by atoms with Gasteiger partial charge in [0, 0.05) is 24.8 Å². The number of aromatic hydroxyl groups is 1. The summed E-state index contributed by atoms with van der Waals surface area (Å²) in [5.74, 6) is 0.720. The predicted octanol–water partition coefficient (Wildman–Crippen LogP) is 3.58. The summed E-state index contributed by atoms with van der Waals surface area (Å²) in [4.78, 5) is 23.8. The van der Waals surface area contributed by atoms with Crippen molar-refractivity contribution in [3.05, 3.63) is 71.9 Å². The highest BCUT2D eigenvalue weighted by Crippen LogP contribution is 2.37. The molecule has 36 heavy (non-hydrogen) atoms. The van der Waals surface area contributed by atoms with Gasteiger partial charge in [-0.25, -0.2) is 14.7 Å². The van der Waals surface area contributed by atoms with Crippen LogP contribution < -0.4 is 14.9 Å². The maximum absolute atomic E-state index is 13.1. The van der Waals surface area contributed by atoms with Crippen LogP contribution >= 0.6 is 0 Å². The number of nitrogens with zero attached hydrogens (tertiary/aromatic N) is 3. The third-order valence-corrected chi connectivity index (χ3v) is 7.47. The van der Waals surface area contributed by atoms with Gasteiger partial charge in [0.1, 0.15) is 17.4 Å².